The van der Waals surface area contributed by atoms with E-state index in [0.29, 0.717) is 41.1 Å². The molecule has 48 heteroatoms. The van der Waals surface area contributed by atoms with Crippen molar-refractivity contribution >= 4 is 169 Å². The highest BCUT2D eigenvalue weighted by atomic mass is 35.5. The number of aromatic amines is 1. The Morgan fingerprint density at radius 2 is 1.14 bits per heavy atom. The summed E-state index contributed by atoms with van der Waals surface area (Å²) in [6.07, 6.45) is 0. The molecule has 0 bridgehead atoms. The van der Waals surface area contributed by atoms with Gasteiger partial charge in [-0.05, 0) is 72.8 Å². The molecule has 7 aromatic carbocycles. The van der Waals surface area contributed by atoms with E-state index in [1.54, 1.807) is 0 Å². The number of carboxylic acids is 1. The van der Waals surface area contributed by atoms with Crippen LogP contribution in [0, 0.1) is 10.1 Å². The van der Waals surface area contributed by atoms with Crippen molar-refractivity contribution in [1.29, 1.82) is 0 Å². The van der Waals surface area contributed by atoms with Gasteiger partial charge in [0, 0.05) is 28.3 Å². The van der Waals surface area contributed by atoms with E-state index in [1.807, 2.05) is 0 Å². The fourth-order valence-electron chi connectivity index (χ4n) is 7.90. The van der Waals surface area contributed by atoms with Crippen molar-refractivity contribution in [2.24, 2.45) is 40.9 Å². The van der Waals surface area contributed by atoms with Crippen molar-refractivity contribution in [1.82, 2.24) is 9.78 Å². The molecule has 8 rings (SSSR count). The minimum Gasteiger partial charge on any atom is -0.505 e. The Bertz CT molecular complexity index is 5380. The highest BCUT2D eigenvalue weighted by molar-refractivity contribution is 7.94. The number of aromatic nitrogens is 2. The van der Waals surface area contributed by atoms with E-state index in [2.05, 4.69) is 55.4 Å². The fraction of sp³-hybridized carbons (Fsp3) is 0. The van der Waals surface area contributed by atoms with Gasteiger partial charge in [0.15, 0.2) is 22.9 Å². The summed E-state index contributed by atoms with van der Waals surface area (Å²) in [5.41, 5.74) is -5.78. The number of H-pyrrole nitrogens is 1. The van der Waals surface area contributed by atoms with Gasteiger partial charge in [-0.1, -0.05) is 16.6 Å². The predicted octanol–water partition coefficient (Wildman–Crippen LogP) is 8.30. The molecular weight excluding hydrogens is 1380 g/mol. The molecule has 0 amide bonds. The zero-order chi connectivity index (χ0) is 66.7. The Morgan fingerprint density at radius 1 is 0.589 bits per heavy atom. The number of anilines is 1. The number of carboxylic acid groups (broad SMARTS) is 1. The predicted molar refractivity (Wildman–Crippen MR) is 300 cm³/mol. The Balaban J connectivity index is 1.23. The van der Waals surface area contributed by atoms with E-state index in [1.165, 1.54) is 0 Å². The van der Waals surface area contributed by atoms with Gasteiger partial charge >= 0.3 is 5.97 Å². The highest BCUT2D eigenvalue weighted by Gasteiger charge is 2.31. The first-order valence-electron chi connectivity index (χ1n) is 22.6. The Kier molecular flexibility index (Phi) is 18.0. The number of nitrogens with two attached hydrogens (primary N) is 1. The smallest absolute Gasteiger partial charge is 0.356 e. The summed E-state index contributed by atoms with van der Waals surface area (Å²) in [4.78, 5) is 27.8. The summed E-state index contributed by atoms with van der Waals surface area (Å²) < 4.78 is 216. The number of aromatic carboxylic acids is 1. The molecule has 0 aliphatic carbocycles. The largest absolute Gasteiger partial charge is 0.505 e. The molecular formula is C42H27ClN12O28S7. The number of hydrogen-bond donors (Lipinski definition) is 12. The van der Waals surface area contributed by atoms with Crippen LogP contribution < -0.4 is 11.3 Å². The third-order valence-electron chi connectivity index (χ3n) is 11.7. The molecule has 90 heavy (non-hydrogen) atoms. The number of phenols is 2. The zero-order valence-electron chi connectivity index (χ0n) is 42.7. The summed E-state index contributed by atoms with van der Waals surface area (Å²) >= 11 is 6.22. The van der Waals surface area contributed by atoms with Crippen LogP contribution in [0.1, 0.15) is 10.5 Å². The Morgan fingerprint density at radius 3 is 1.71 bits per heavy atom. The maximum atomic E-state index is 13.3. The van der Waals surface area contributed by atoms with Gasteiger partial charge in [0.2, 0.25) is 0 Å². The van der Waals surface area contributed by atoms with Gasteiger partial charge in [-0.25, -0.2) is 14.7 Å². The first-order chi connectivity index (χ1) is 41.6. The molecule has 0 saturated carbocycles. The lowest BCUT2D eigenvalue weighted by atomic mass is 10.0. The lowest BCUT2D eigenvalue weighted by Crippen LogP contribution is -2.14. The minimum absolute atomic E-state index is 0.0596. The van der Waals surface area contributed by atoms with Crippen molar-refractivity contribution < 1.29 is 117 Å². The average Bonchev–Trinajstić information content (AvgIpc) is 0.931. The number of nitrogens with one attached hydrogen (secondary N) is 1. The molecule has 0 atom stereocenters. The van der Waals surface area contributed by atoms with Gasteiger partial charge in [-0.2, -0.15) is 55.6 Å². The zero-order valence-corrected chi connectivity index (χ0v) is 49.2. The number of azo groups is 4. The van der Waals surface area contributed by atoms with Gasteiger partial charge in [-0.15, -0.1) is 40.1 Å². The van der Waals surface area contributed by atoms with Crippen LogP contribution in [0.2, 0.25) is 5.02 Å². The lowest BCUT2D eigenvalue weighted by Gasteiger charge is -2.15. The number of nitro groups is 1. The van der Waals surface area contributed by atoms with Gasteiger partial charge in [-0.3, -0.25) is 47.3 Å². The summed E-state index contributed by atoms with van der Waals surface area (Å²) in [5, 5.41) is 83.3. The van der Waals surface area contributed by atoms with E-state index in [0.717, 1.165) is 42.5 Å². The number of nitro benzene ring substituents is 1. The molecule has 0 fully saturated rings. The third-order valence-corrected chi connectivity index (χ3v) is 17.9. The molecule has 13 N–H and O–H groups in total. The number of hydrogen-bond acceptors (Lipinski definition) is 31. The van der Waals surface area contributed by atoms with Crippen LogP contribution >= 0.6 is 23.6 Å². The molecule has 0 aliphatic heterocycles. The van der Waals surface area contributed by atoms with E-state index in [4.69, 9.17) is 22.6 Å². The number of carbonyl (C=O) groups is 1. The van der Waals surface area contributed by atoms with E-state index in [-0.39, 0.29) is 23.8 Å². The standard InChI is InChI=1S/C42H27ClN12O28S7/c43-22-9-15(10-29(88(73,74)75)33(22)49-52-36-37(42(59)60)53-54(41(36)58)16-1-4-18(5-2-16)85(64,65)66)45-51-35-30(89(76,77)78)13-20-19(38(35)56)6-8-24(40(20)90(79,80)81)47-48-25-14-27(86(67,68)69)21-12-26(84-83-82-63)34(39(57)31(21)32(25)44)50-46-23-7-3-17(55(61)62)11-28(23)87(70,71)72/h1-14,53,56-57,63H,44H2,(H,59,60)(H,64,65,66)(H,67,68,69)(H,70,71,72)(H,73,74,75)(H,76,77,78)(H,79,80,81). The number of rotatable bonds is 20. The molecule has 0 spiro atoms. The second kappa shape index (κ2) is 24.3. The molecule has 0 unspecified atom stereocenters. The molecule has 0 radical (unpaired) electrons. The molecule has 40 nitrogen and oxygen atoms in total. The number of benzene rings is 7. The maximum Gasteiger partial charge on any atom is 0.356 e. The van der Waals surface area contributed by atoms with Crippen molar-refractivity contribution in [3.63, 3.8) is 0 Å². The molecule has 1 heterocycles. The Hall–Kier alpha value is -9.28. The second-order valence-corrected chi connectivity index (χ2v) is 26.7. The molecule has 0 aliphatic rings. The van der Waals surface area contributed by atoms with Crippen LogP contribution in [-0.4, -0.2) is 119 Å². The van der Waals surface area contributed by atoms with Crippen molar-refractivity contribution in [2.75, 3.05) is 5.73 Å². The maximum absolute atomic E-state index is 13.3. The number of aromatic hydroxyl groups is 2. The number of nitrogens with zero attached hydrogens (tertiary/aromatic N) is 10. The first-order valence-corrected chi connectivity index (χ1v) is 32.3. The van der Waals surface area contributed by atoms with Crippen LogP contribution in [-0.2, 0) is 70.1 Å². The first kappa shape index (κ1) is 66.7. The summed E-state index contributed by atoms with van der Waals surface area (Å²) in [7, 11) is -32.6. The third kappa shape index (κ3) is 13.6. The molecule has 472 valence electrons. The number of phenolic OH excluding ortho intramolecular Hbond substituents is 2. The molecule has 1 aromatic heterocycles. The fourth-order valence-corrected chi connectivity index (χ4v) is 12.6. The monoisotopic (exact) mass is 1410 g/mol. The highest BCUT2D eigenvalue weighted by Crippen LogP contribution is 2.51. The van der Waals surface area contributed by atoms with Crippen LogP contribution in [0.5, 0.6) is 11.5 Å². The van der Waals surface area contributed by atoms with Crippen LogP contribution in [0.4, 0.5) is 56.9 Å². The SMILES string of the molecule is Nc1c(N=Nc2ccc3c(O)c(N=Nc4cc(Cl)c(N=Nc5c(C(=O)O)[nH]n(-c6ccc(S(=O)(=O)O)cc6)c5=O)c(S(=O)(=O)O)c4)c(S(=O)(=O)O)cc3c2S(=O)(=O)O)cc(S(=O)(=O)O)c2cc(SOOO)c(N=Nc3ccc([N+](=O)[O-])cc3S(=O)(=O)O)c(O)c12. The number of fused-ring (bicyclic) bond motifs is 2. The van der Waals surface area contributed by atoms with Gasteiger partial charge in [0.1, 0.15) is 58.6 Å². The summed E-state index contributed by atoms with van der Waals surface area (Å²) in [5.74, 6) is -4.52. The van der Waals surface area contributed by atoms with Crippen LogP contribution in [0.25, 0.3) is 27.2 Å². The van der Waals surface area contributed by atoms with Crippen LogP contribution in [0.3, 0.4) is 0 Å². The topological polar surface area (TPSA) is 649 Å². The van der Waals surface area contributed by atoms with Gasteiger partial charge < -0.3 is 21.1 Å². The number of nitrogen functional groups attached to an aromatic ring is 1. The van der Waals surface area contributed by atoms with Gasteiger partial charge in [0.05, 0.1) is 54.2 Å². The second-order valence-electron chi connectivity index (χ2n) is 17.2. The van der Waals surface area contributed by atoms with Crippen LogP contribution in [0.15, 0.2) is 165 Å². The lowest BCUT2D eigenvalue weighted by molar-refractivity contribution is -0.432. The number of non-ortho nitro benzene ring substituents is 1. The normalized spacial score (nSPS) is 13.1. The van der Waals surface area contributed by atoms with Gasteiger partial charge in [0.25, 0.3) is 72.0 Å². The van der Waals surface area contributed by atoms with E-state index < -0.39 is 212 Å². The summed E-state index contributed by atoms with van der Waals surface area (Å²) in [6.45, 7) is 0. The average molecular weight is 1410 g/mol. The van der Waals surface area contributed by atoms with Crippen molar-refractivity contribution in [3.8, 4) is 17.2 Å². The van der Waals surface area contributed by atoms with E-state index in [9.17, 15) is 113 Å². The number of halogens is 1. The van der Waals surface area contributed by atoms with Crippen molar-refractivity contribution in [2.45, 2.75) is 34.3 Å². The summed E-state index contributed by atoms with van der Waals surface area (Å²) in [6, 6.07) is 9.30. The molecule has 0 saturated heterocycles. The quantitative estimate of drug-likeness (QED) is 0.00649. The van der Waals surface area contributed by atoms with E-state index >= 15 is 0 Å². The Labute approximate surface area is 507 Å². The molecule has 8 aromatic rings. The minimum atomic E-state index is -5.78. The van der Waals surface area contributed by atoms with Crippen molar-refractivity contribution in [3.05, 3.63) is 116 Å².